The van der Waals surface area contributed by atoms with Gasteiger partial charge < -0.3 is 10.2 Å². The Morgan fingerprint density at radius 2 is 1.90 bits per heavy atom. The third kappa shape index (κ3) is 4.03. The highest BCUT2D eigenvalue weighted by Gasteiger charge is 2.17. The number of nitrogens with one attached hydrogen (secondary N) is 2. The third-order valence-electron chi connectivity index (χ3n) is 3.67. The van der Waals surface area contributed by atoms with Crippen LogP contribution in [0.2, 0.25) is 0 Å². The number of hydrazine groups is 1. The number of carbonyl (C=O) groups is 1. The van der Waals surface area contributed by atoms with Gasteiger partial charge in [0.15, 0.2) is 0 Å². The molecule has 1 fully saturated rings. The van der Waals surface area contributed by atoms with E-state index in [0.717, 1.165) is 50.3 Å². The Bertz CT molecular complexity index is 441. The molecule has 5 nitrogen and oxygen atoms in total. The standard InChI is InChI=1S/C15H24N4O/c1-16-8-7-13-5-3-4-6-14(13)15(20)17-19-11-9-18(2)10-12-19/h3-6,16H,7-12H2,1-2H3,(H,17,20). The zero-order chi connectivity index (χ0) is 14.4. The summed E-state index contributed by atoms with van der Waals surface area (Å²) in [7, 11) is 4.03. The van der Waals surface area contributed by atoms with Gasteiger partial charge in [0.2, 0.25) is 0 Å². The lowest BCUT2D eigenvalue weighted by Gasteiger charge is -2.32. The lowest BCUT2D eigenvalue weighted by atomic mass is 10.0. The van der Waals surface area contributed by atoms with Crippen LogP contribution in [0.5, 0.6) is 0 Å². The second-order valence-corrected chi connectivity index (χ2v) is 5.24. The van der Waals surface area contributed by atoms with Gasteiger partial charge in [0.05, 0.1) is 0 Å². The first-order valence-corrected chi connectivity index (χ1v) is 7.17. The molecule has 0 bridgehead atoms. The molecule has 0 aromatic heterocycles. The minimum atomic E-state index is 0.00116. The molecule has 1 amide bonds. The summed E-state index contributed by atoms with van der Waals surface area (Å²) in [5.74, 6) is 0.00116. The van der Waals surface area contributed by atoms with Gasteiger partial charge in [-0.3, -0.25) is 10.2 Å². The van der Waals surface area contributed by atoms with E-state index in [2.05, 4.69) is 22.7 Å². The van der Waals surface area contributed by atoms with Crippen molar-refractivity contribution in [2.75, 3.05) is 46.8 Å². The Kier molecular flexibility index (Phi) is 5.52. The number of amides is 1. The Morgan fingerprint density at radius 1 is 1.20 bits per heavy atom. The third-order valence-corrected chi connectivity index (χ3v) is 3.67. The fourth-order valence-electron chi connectivity index (χ4n) is 2.34. The summed E-state index contributed by atoms with van der Waals surface area (Å²) in [4.78, 5) is 14.7. The first-order chi connectivity index (χ1) is 9.70. The van der Waals surface area contributed by atoms with Crippen LogP contribution < -0.4 is 10.7 Å². The van der Waals surface area contributed by atoms with E-state index >= 15 is 0 Å². The summed E-state index contributed by atoms with van der Waals surface area (Å²) >= 11 is 0. The summed E-state index contributed by atoms with van der Waals surface area (Å²) in [5.41, 5.74) is 4.89. The predicted octanol–water partition coefficient (Wildman–Crippen LogP) is 0.341. The molecule has 0 unspecified atom stereocenters. The lowest BCUT2D eigenvalue weighted by Crippen LogP contribution is -2.52. The van der Waals surface area contributed by atoms with Crippen LogP contribution in [0.3, 0.4) is 0 Å². The first kappa shape index (κ1) is 15.0. The van der Waals surface area contributed by atoms with E-state index in [1.54, 1.807) is 0 Å². The van der Waals surface area contributed by atoms with Crippen molar-refractivity contribution in [1.82, 2.24) is 20.7 Å². The van der Waals surface area contributed by atoms with Crippen LogP contribution in [-0.2, 0) is 6.42 Å². The molecule has 1 aromatic carbocycles. The smallest absolute Gasteiger partial charge is 0.265 e. The first-order valence-electron chi connectivity index (χ1n) is 7.17. The molecule has 0 saturated carbocycles. The molecule has 1 aliphatic heterocycles. The molecule has 0 radical (unpaired) electrons. The number of carbonyl (C=O) groups excluding carboxylic acids is 1. The van der Waals surface area contributed by atoms with Gasteiger partial charge in [-0.1, -0.05) is 18.2 Å². The molecule has 110 valence electrons. The number of rotatable bonds is 5. The SMILES string of the molecule is CNCCc1ccccc1C(=O)NN1CCN(C)CC1. The minimum Gasteiger partial charge on any atom is -0.319 e. The fraction of sp³-hybridized carbons (Fsp3) is 0.533. The minimum absolute atomic E-state index is 0.00116. The molecule has 0 spiro atoms. The van der Waals surface area contributed by atoms with Crippen LogP contribution in [0.1, 0.15) is 15.9 Å². The molecule has 1 saturated heterocycles. The largest absolute Gasteiger partial charge is 0.319 e. The maximum atomic E-state index is 12.4. The van der Waals surface area contributed by atoms with E-state index in [0.29, 0.717) is 0 Å². The van der Waals surface area contributed by atoms with Crippen molar-refractivity contribution in [3.63, 3.8) is 0 Å². The van der Waals surface area contributed by atoms with E-state index in [-0.39, 0.29) is 5.91 Å². The topological polar surface area (TPSA) is 47.6 Å². The van der Waals surface area contributed by atoms with E-state index in [1.165, 1.54) is 0 Å². The number of hydrogen-bond acceptors (Lipinski definition) is 4. The Balaban J connectivity index is 1.98. The molecule has 2 rings (SSSR count). The molecule has 0 aliphatic carbocycles. The highest BCUT2D eigenvalue weighted by atomic mass is 16.2. The van der Waals surface area contributed by atoms with Crippen molar-refractivity contribution in [2.24, 2.45) is 0 Å². The summed E-state index contributed by atoms with van der Waals surface area (Å²) in [6, 6.07) is 7.83. The highest BCUT2D eigenvalue weighted by Crippen LogP contribution is 2.10. The maximum absolute atomic E-state index is 12.4. The number of hydrogen-bond donors (Lipinski definition) is 2. The zero-order valence-electron chi connectivity index (χ0n) is 12.4. The maximum Gasteiger partial charge on any atom is 0.265 e. The van der Waals surface area contributed by atoms with Crippen LogP contribution >= 0.6 is 0 Å². The lowest BCUT2D eigenvalue weighted by molar-refractivity contribution is 0.0661. The zero-order valence-corrected chi connectivity index (χ0v) is 12.4. The van der Waals surface area contributed by atoms with Crippen LogP contribution in [0.25, 0.3) is 0 Å². The summed E-state index contributed by atoms with van der Waals surface area (Å²) in [6.07, 6.45) is 0.864. The molecule has 1 aliphatic rings. The molecule has 0 atom stereocenters. The van der Waals surface area contributed by atoms with E-state index in [9.17, 15) is 4.79 Å². The van der Waals surface area contributed by atoms with Crippen LogP contribution in [0, 0.1) is 0 Å². The van der Waals surface area contributed by atoms with Crippen molar-refractivity contribution < 1.29 is 4.79 Å². The monoisotopic (exact) mass is 276 g/mol. The predicted molar refractivity (Wildman–Crippen MR) is 80.6 cm³/mol. The van der Waals surface area contributed by atoms with E-state index in [4.69, 9.17) is 0 Å². The second kappa shape index (κ2) is 7.38. The summed E-state index contributed by atoms with van der Waals surface area (Å²) in [5, 5.41) is 5.13. The van der Waals surface area contributed by atoms with Gasteiger partial charge in [0, 0.05) is 31.7 Å². The molecule has 1 aromatic rings. The Hall–Kier alpha value is -1.43. The molecule has 1 heterocycles. The normalized spacial score (nSPS) is 17.1. The second-order valence-electron chi connectivity index (χ2n) is 5.24. The van der Waals surface area contributed by atoms with Crippen LogP contribution in [0.15, 0.2) is 24.3 Å². The number of benzene rings is 1. The van der Waals surface area contributed by atoms with E-state index in [1.807, 2.05) is 36.3 Å². The van der Waals surface area contributed by atoms with Crippen molar-refractivity contribution in [3.05, 3.63) is 35.4 Å². The molecular weight excluding hydrogens is 252 g/mol. The van der Waals surface area contributed by atoms with Gasteiger partial charge in [0.25, 0.3) is 5.91 Å². The molecular formula is C15H24N4O. The van der Waals surface area contributed by atoms with Crippen LogP contribution in [0.4, 0.5) is 0 Å². The van der Waals surface area contributed by atoms with Crippen molar-refractivity contribution in [1.29, 1.82) is 0 Å². The average molecular weight is 276 g/mol. The Labute approximate surface area is 120 Å². The number of nitrogens with zero attached hydrogens (tertiary/aromatic N) is 2. The van der Waals surface area contributed by atoms with Gasteiger partial charge in [-0.25, -0.2) is 5.01 Å². The molecule has 20 heavy (non-hydrogen) atoms. The number of likely N-dealkylation sites (N-methyl/N-ethyl adjacent to an activating group) is 2. The Morgan fingerprint density at radius 3 is 2.60 bits per heavy atom. The van der Waals surface area contributed by atoms with Gasteiger partial charge in [0.1, 0.15) is 0 Å². The summed E-state index contributed by atoms with van der Waals surface area (Å²) < 4.78 is 0. The fourth-order valence-corrected chi connectivity index (χ4v) is 2.34. The van der Waals surface area contributed by atoms with Crippen molar-refractivity contribution >= 4 is 5.91 Å². The number of piperazine rings is 1. The average Bonchev–Trinajstić information content (AvgIpc) is 2.47. The van der Waals surface area contributed by atoms with Gasteiger partial charge in [-0.05, 0) is 38.7 Å². The van der Waals surface area contributed by atoms with Crippen molar-refractivity contribution in [3.8, 4) is 0 Å². The van der Waals surface area contributed by atoms with Crippen LogP contribution in [-0.4, -0.2) is 62.6 Å². The van der Waals surface area contributed by atoms with E-state index < -0.39 is 0 Å². The van der Waals surface area contributed by atoms with Gasteiger partial charge in [-0.15, -0.1) is 0 Å². The quantitative estimate of drug-likeness (QED) is 0.814. The summed E-state index contributed by atoms with van der Waals surface area (Å²) in [6.45, 7) is 4.60. The van der Waals surface area contributed by atoms with Gasteiger partial charge >= 0.3 is 0 Å². The highest BCUT2D eigenvalue weighted by molar-refractivity contribution is 5.95. The van der Waals surface area contributed by atoms with Crippen molar-refractivity contribution in [2.45, 2.75) is 6.42 Å². The molecule has 2 N–H and O–H groups in total. The van der Waals surface area contributed by atoms with Gasteiger partial charge in [-0.2, -0.15) is 0 Å². The molecule has 5 heteroatoms.